The molecule has 3 aromatic rings. The largest absolute Gasteiger partial charge is 0.273 e. The van der Waals surface area contributed by atoms with Crippen molar-refractivity contribution in [2.75, 3.05) is 0 Å². The summed E-state index contributed by atoms with van der Waals surface area (Å²) in [6.45, 7) is 12.9. The van der Waals surface area contributed by atoms with Crippen molar-refractivity contribution in [1.82, 2.24) is 14.8 Å². The van der Waals surface area contributed by atoms with Gasteiger partial charge >= 0.3 is 0 Å². The first-order chi connectivity index (χ1) is 12.4. The third kappa shape index (κ3) is 2.53. The number of hydrogen-bond donors (Lipinski definition) is 0. The first-order valence-electron chi connectivity index (χ1n) is 9.09. The van der Waals surface area contributed by atoms with Gasteiger partial charge in [-0.2, -0.15) is 0 Å². The van der Waals surface area contributed by atoms with Crippen molar-refractivity contribution in [1.29, 1.82) is 0 Å². The summed E-state index contributed by atoms with van der Waals surface area (Å²) in [5, 5.41) is 9.91. The summed E-state index contributed by atoms with van der Waals surface area (Å²) in [5.74, 6) is 2.36. The number of fused-ring (bicyclic) bond motifs is 3. The average Bonchev–Trinajstić information content (AvgIpc) is 3.09. The number of benzene rings is 1. The minimum atomic E-state index is -0.0321. The summed E-state index contributed by atoms with van der Waals surface area (Å²) in [7, 11) is 0. The van der Waals surface area contributed by atoms with Crippen LogP contribution in [0.3, 0.4) is 0 Å². The predicted molar refractivity (Wildman–Crippen MR) is 108 cm³/mol. The molecule has 0 saturated carbocycles. The van der Waals surface area contributed by atoms with Crippen LogP contribution in [0.1, 0.15) is 71.5 Å². The summed E-state index contributed by atoms with van der Waals surface area (Å²) in [6, 6.07) is 8.82. The minimum Gasteiger partial charge on any atom is -0.273 e. The summed E-state index contributed by atoms with van der Waals surface area (Å²) in [5.41, 5.74) is 6.10. The Kier molecular flexibility index (Phi) is 4.07. The van der Waals surface area contributed by atoms with Gasteiger partial charge in [0.15, 0.2) is 5.82 Å². The van der Waals surface area contributed by atoms with Crippen molar-refractivity contribution in [3.05, 3.63) is 63.0 Å². The molecule has 1 aromatic carbocycles. The molecule has 0 spiro atoms. The van der Waals surface area contributed by atoms with E-state index in [1.807, 2.05) is 6.92 Å². The van der Waals surface area contributed by atoms with Gasteiger partial charge in [-0.1, -0.05) is 38.1 Å². The van der Waals surface area contributed by atoms with Crippen molar-refractivity contribution < 1.29 is 0 Å². The first-order valence-corrected chi connectivity index (χ1v) is 9.91. The highest BCUT2D eigenvalue weighted by atomic mass is 32.1. The molecule has 1 aliphatic heterocycles. The SMILES string of the molecule is Cc1sc2c(c1C)C(c1ccc(C(C)C)cc1)=N[C@H](C)c1nnc(C)n1-2. The monoisotopic (exact) mass is 364 g/mol. The molecule has 2 aromatic heterocycles. The van der Waals surface area contributed by atoms with Crippen LogP contribution in [-0.4, -0.2) is 20.5 Å². The fourth-order valence-corrected chi connectivity index (χ4v) is 4.72. The molecule has 0 aliphatic carbocycles. The van der Waals surface area contributed by atoms with E-state index < -0.39 is 0 Å². The van der Waals surface area contributed by atoms with Crippen LogP contribution in [0.5, 0.6) is 0 Å². The fourth-order valence-electron chi connectivity index (χ4n) is 3.51. The van der Waals surface area contributed by atoms with E-state index in [4.69, 9.17) is 4.99 Å². The van der Waals surface area contributed by atoms with Gasteiger partial charge in [0.25, 0.3) is 0 Å². The molecule has 0 amide bonds. The molecule has 26 heavy (non-hydrogen) atoms. The lowest BCUT2D eigenvalue weighted by Gasteiger charge is -2.11. The molecule has 0 radical (unpaired) electrons. The Labute approximate surface area is 158 Å². The minimum absolute atomic E-state index is 0.0321. The molecule has 5 heteroatoms. The number of hydrogen-bond acceptors (Lipinski definition) is 4. The molecule has 0 fully saturated rings. The predicted octanol–water partition coefficient (Wildman–Crippen LogP) is 5.29. The highest BCUT2D eigenvalue weighted by Crippen LogP contribution is 2.38. The van der Waals surface area contributed by atoms with Crippen LogP contribution in [0.25, 0.3) is 5.00 Å². The van der Waals surface area contributed by atoms with E-state index in [1.165, 1.54) is 32.1 Å². The van der Waals surface area contributed by atoms with Gasteiger partial charge in [-0.3, -0.25) is 9.56 Å². The number of aromatic nitrogens is 3. The van der Waals surface area contributed by atoms with Crippen LogP contribution in [0, 0.1) is 20.8 Å². The van der Waals surface area contributed by atoms with E-state index in [2.05, 4.69) is 73.6 Å². The van der Waals surface area contributed by atoms with Crippen LogP contribution in [-0.2, 0) is 0 Å². The van der Waals surface area contributed by atoms with Gasteiger partial charge in [0.05, 0.1) is 5.71 Å². The molecule has 0 bridgehead atoms. The standard InChI is InChI=1S/C21H24N4S/c1-11(2)16-7-9-17(10-8-16)19-18-12(3)14(5)26-21(18)25-15(6)23-24-20(25)13(4)22-19/h7-11,13H,1-6H3/t13-/m1/s1. The van der Waals surface area contributed by atoms with E-state index in [1.54, 1.807) is 11.3 Å². The van der Waals surface area contributed by atoms with E-state index in [0.717, 1.165) is 17.4 Å². The molecule has 0 unspecified atom stereocenters. The maximum Gasteiger partial charge on any atom is 0.162 e. The van der Waals surface area contributed by atoms with Crippen LogP contribution < -0.4 is 0 Å². The fraction of sp³-hybridized carbons (Fsp3) is 0.381. The number of aliphatic imine (C=N–C) groups is 1. The second kappa shape index (κ2) is 6.16. The Morgan fingerprint density at radius 1 is 1.04 bits per heavy atom. The Bertz CT molecular complexity index is 1010. The summed E-state index contributed by atoms with van der Waals surface area (Å²) in [6.07, 6.45) is 0. The Hall–Kier alpha value is -2.27. The van der Waals surface area contributed by atoms with Crippen molar-refractivity contribution in [3.8, 4) is 5.00 Å². The Morgan fingerprint density at radius 2 is 1.73 bits per heavy atom. The highest BCUT2D eigenvalue weighted by Gasteiger charge is 2.29. The van der Waals surface area contributed by atoms with E-state index in [9.17, 15) is 0 Å². The normalized spacial score (nSPS) is 16.3. The van der Waals surface area contributed by atoms with Crippen LogP contribution in [0.4, 0.5) is 0 Å². The number of thiophene rings is 1. The second-order valence-electron chi connectivity index (χ2n) is 7.33. The van der Waals surface area contributed by atoms with Crippen molar-refractivity contribution in [2.45, 2.75) is 53.5 Å². The van der Waals surface area contributed by atoms with Crippen LogP contribution >= 0.6 is 11.3 Å². The van der Waals surface area contributed by atoms with E-state index in [0.29, 0.717) is 5.92 Å². The van der Waals surface area contributed by atoms with Gasteiger partial charge in [0, 0.05) is 16.0 Å². The van der Waals surface area contributed by atoms with Gasteiger partial charge < -0.3 is 0 Å². The average molecular weight is 365 g/mol. The van der Waals surface area contributed by atoms with E-state index in [-0.39, 0.29) is 6.04 Å². The maximum absolute atomic E-state index is 5.09. The molecule has 1 atom stereocenters. The lowest BCUT2D eigenvalue weighted by Crippen LogP contribution is -2.07. The first kappa shape index (κ1) is 17.2. The van der Waals surface area contributed by atoms with Crippen molar-refractivity contribution >= 4 is 17.0 Å². The molecular formula is C21H24N4S. The molecule has 3 heterocycles. The van der Waals surface area contributed by atoms with Gasteiger partial charge in [-0.15, -0.1) is 21.5 Å². The lowest BCUT2D eigenvalue weighted by atomic mass is 9.96. The lowest BCUT2D eigenvalue weighted by molar-refractivity contribution is 0.724. The molecule has 4 rings (SSSR count). The second-order valence-corrected chi connectivity index (χ2v) is 8.54. The van der Waals surface area contributed by atoms with Crippen LogP contribution in [0.15, 0.2) is 29.3 Å². The number of nitrogens with zero attached hydrogens (tertiary/aromatic N) is 4. The highest BCUT2D eigenvalue weighted by molar-refractivity contribution is 7.15. The Balaban J connectivity index is 1.96. The summed E-state index contributed by atoms with van der Waals surface area (Å²) in [4.78, 5) is 6.41. The molecule has 0 saturated heterocycles. The van der Waals surface area contributed by atoms with E-state index >= 15 is 0 Å². The summed E-state index contributed by atoms with van der Waals surface area (Å²) >= 11 is 1.80. The quantitative estimate of drug-likeness (QED) is 0.620. The molecule has 1 aliphatic rings. The smallest absolute Gasteiger partial charge is 0.162 e. The van der Waals surface area contributed by atoms with Crippen molar-refractivity contribution in [3.63, 3.8) is 0 Å². The zero-order valence-corrected chi connectivity index (χ0v) is 17.0. The van der Waals surface area contributed by atoms with Gasteiger partial charge in [0.1, 0.15) is 16.9 Å². The molecule has 4 nitrogen and oxygen atoms in total. The summed E-state index contributed by atoms with van der Waals surface area (Å²) < 4.78 is 2.18. The molecular weight excluding hydrogens is 340 g/mol. The third-order valence-electron chi connectivity index (χ3n) is 5.20. The maximum atomic E-state index is 5.09. The zero-order valence-electron chi connectivity index (χ0n) is 16.2. The molecule has 0 N–H and O–H groups in total. The van der Waals surface area contributed by atoms with Crippen molar-refractivity contribution in [2.24, 2.45) is 4.99 Å². The topological polar surface area (TPSA) is 43.1 Å². The zero-order chi connectivity index (χ0) is 18.6. The van der Waals surface area contributed by atoms with Gasteiger partial charge in [-0.05, 0) is 44.7 Å². The van der Waals surface area contributed by atoms with Gasteiger partial charge in [0.2, 0.25) is 0 Å². The third-order valence-corrected chi connectivity index (χ3v) is 6.40. The van der Waals surface area contributed by atoms with Gasteiger partial charge in [-0.25, -0.2) is 0 Å². The molecule has 134 valence electrons. The van der Waals surface area contributed by atoms with Crippen LogP contribution in [0.2, 0.25) is 0 Å². The number of rotatable bonds is 2. The Morgan fingerprint density at radius 3 is 2.38 bits per heavy atom. The number of aryl methyl sites for hydroxylation is 2.